The Labute approximate surface area is 157 Å². The van der Waals surface area contributed by atoms with Crippen LogP contribution >= 0.6 is 0 Å². The molecule has 1 atom stereocenters. The predicted octanol–water partition coefficient (Wildman–Crippen LogP) is 2.24. The zero-order valence-electron chi connectivity index (χ0n) is 15.2. The summed E-state index contributed by atoms with van der Waals surface area (Å²) in [6.07, 6.45) is 6.32. The van der Waals surface area contributed by atoms with Gasteiger partial charge in [0.05, 0.1) is 36.7 Å². The first kappa shape index (κ1) is 17.8. The number of carbonyl (C=O) groups is 2. The van der Waals surface area contributed by atoms with Gasteiger partial charge in [-0.3, -0.25) is 9.89 Å². The maximum Gasteiger partial charge on any atom is 0.318 e. The average Bonchev–Trinajstić information content (AvgIpc) is 3.34. The van der Waals surface area contributed by atoms with Crippen LogP contribution in [-0.2, 0) is 9.53 Å². The van der Waals surface area contributed by atoms with Crippen LogP contribution in [0.4, 0.5) is 10.5 Å². The molecule has 0 bridgehead atoms. The maximum atomic E-state index is 12.7. The van der Waals surface area contributed by atoms with Gasteiger partial charge in [-0.05, 0) is 18.9 Å². The summed E-state index contributed by atoms with van der Waals surface area (Å²) in [6, 6.07) is 5.55. The van der Waals surface area contributed by atoms with Gasteiger partial charge in [-0.2, -0.15) is 5.10 Å². The molecule has 8 heteroatoms. The SMILES string of the molecule is O=C(CC1COCCN1C(=O)NC1CCCC1)Nc1cccc2cn[nH]c12. The Balaban J connectivity index is 1.39. The minimum Gasteiger partial charge on any atom is -0.377 e. The van der Waals surface area contributed by atoms with Gasteiger partial charge in [0, 0.05) is 24.4 Å². The lowest BCUT2D eigenvalue weighted by Crippen LogP contribution is -2.54. The van der Waals surface area contributed by atoms with E-state index in [9.17, 15) is 9.59 Å². The Morgan fingerprint density at radius 3 is 3.00 bits per heavy atom. The van der Waals surface area contributed by atoms with Gasteiger partial charge in [0.15, 0.2) is 0 Å². The Bertz CT molecular complexity index is 815. The van der Waals surface area contributed by atoms with Crippen LogP contribution < -0.4 is 10.6 Å². The highest BCUT2D eigenvalue weighted by Crippen LogP contribution is 2.22. The van der Waals surface area contributed by atoms with Crippen molar-refractivity contribution in [3.63, 3.8) is 0 Å². The van der Waals surface area contributed by atoms with Crippen molar-refractivity contribution in [3.05, 3.63) is 24.4 Å². The number of nitrogens with one attached hydrogen (secondary N) is 3. The Hall–Kier alpha value is -2.61. The summed E-state index contributed by atoms with van der Waals surface area (Å²) in [5.74, 6) is -0.147. The molecule has 3 amide bonds. The molecule has 1 saturated heterocycles. The van der Waals surface area contributed by atoms with Gasteiger partial charge in [-0.25, -0.2) is 4.79 Å². The van der Waals surface area contributed by atoms with Crippen molar-refractivity contribution in [1.82, 2.24) is 20.4 Å². The molecule has 1 aliphatic carbocycles. The summed E-state index contributed by atoms with van der Waals surface area (Å²) >= 11 is 0. The second kappa shape index (κ2) is 7.96. The number of carbonyl (C=O) groups excluding carboxylic acids is 2. The van der Waals surface area contributed by atoms with Crippen molar-refractivity contribution < 1.29 is 14.3 Å². The van der Waals surface area contributed by atoms with Gasteiger partial charge in [0.2, 0.25) is 5.91 Å². The van der Waals surface area contributed by atoms with E-state index in [1.54, 1.807) is 11.1 Å². The average molecular weight is 371 g/mol. The van der Waals surface area contributed by atoms with E-state index in [0.717, 1.165) is 23.7 Å². The molecule has 2 fully saturated rings. The molecular weight excluding hydrogens is 346 g/mol. The molecular formula is C19H25N5O3. The van der Waals surface area contributed by atoms with Crippen LogP contribution in [0.5, 0.6) is 0 Å². The molecule has 3 N–H and O–H groups in total. The number of urea groups is 1. The maximum absolute atomic E-state index is 12.7. The molecule has 2 aliphatic rings. The predicted molar refractivity (Wildman–Crippen MR) is 101 cm³/mol. The van der Waals surface area contributed by atoms with Crippen molar-refractivity contribution in [2.45, 2.75) is 44.2 Å². The number of fused-ring (bicyclic) bond motifs is 1. The van der Waals surface area contributed by atoms with Crippen molar-refractivity contribution in [2.75, 3.05) is 25.1 Å². The third kappa shape index (κ3) is 4.05. The highest BCUT2D eigenvalue weighted by atomic mass is 16.5. The van der Waals surface area contributed by atoms with Crippen LogP contribution in [-0.4, -0.2) is 58.9 Å². The van der Waals surface area contributed by atoms with E-state index < -0.39 is 0 Å². The lowest BCUT2D eigenvalue weighted by Gasteiger charge is -2.36. The highest BCUT2D eigenvalue weighted by molar-refractivity contribution is 6.00. The highest BCUT2D eigenvalue weighted by Gasteiger charge is 2.31. The molecule has 1 aliphatic heterocycles. The van der Waals surface area contributed by atoms with Crippen LogP contribution in [0.25, 0.3) is 10.9 Å². The second-order valence-corrected chi connectivity index (χ2v) is 7.25. The van der Waals surface area contributed by atoms with E-state index in [4.69, 9.17) is 4.74 Å². The first-order valence-electron chi connectivity index (χ1n) is 9.57. The van der Waals surface area contributed by atoms with E-state index >= 15 is 0 Å². The van der Waals surface area contributed by atoms with Crippen molar-refractivity contribution in [3.8, 4) is 0 Å². The first-order chi connectivity index (χ1) is 13.2. The Kier molecular flexibility index (Phi) is 5.24. The van der Waals surface area contributed by atoms with Crippen molar-refractivity contribution in [1.29, 1.82) is 0 Å². The number of morpholine rings is 1. The minimum absolute atomic E-state index is 0.0846. The quantitative estimate of drug-likeness (QED) is 0.767. The molecule has 2 heterocycles. The number of rotatable bonds is 4. The number of para-hydroxylation sites is 1. The monoisotopic (exact) mass is 371 g/mol. The second-order valence-electron chi connectivity index (χ2n) is 7.25. The summed E-state index contributed by atoms with van der Waals surface area (Å²) < 4.78 is 5.52. The standard InChI is InChI=1S/C19H25N5O3/c25-17(22-16-7-3-4-13-11-20-23-18(13)16)10-15-12-27-9-8-24(15)19(26)21-14-5-1-2-6-14/h3-4,7,11,14-15H,1-2,5-6,8-10,12H2,(H,20,23)(H,21,26)(H,22,25). The number of H-pyrrole nitrogens is 1. The van der Waals surface area contributed by atoms with Gasteiger partial charge in [0.25, 0.3) is 0 Å². The number of amides is 3. The van der Waals surface area contributed by atoms with E-state index in [1.165, 1.54) is 12.8 Å². The fraction of sp³-hybridized carbons (Fsp3) is 0.526. The Morgan fingerprint density at radius 2 is 2.15 bits per heavy atom. The fourth-order valence-corrected chi connectivity index (χ4v) is 3.91. The van der Waals surface area contributed by atoms with Crippen LogP contribution in [0.15, 0.2) is 24.4 Å². The first-order valence-corrected chi connectivity index (χ1v) is 9.57. The molecule has 0 radical (unpaired) electrons. The molecule has 1 unspecified atom stereocenters. The normalized spacial score (nSPS) is 20.7. The van der Waals surface area contributed by atoms with E-state index in [0.29, 0.717) is 25.4 Å². The summed E-state index contributed by atoms with van der Waals surface area (Å²) in [6.45, 7) is 1.38. The molecule has 144 valence electrons. The zero-order valence-corrected chi connectivity index (χ0v) is 15.2. The third-order valence-electron chi connectivity index (χ3n) is 5.34. The molecule has 27 heavy (non-hydrogen) atoms. The number of aromatic amines is 1. The number of aromatic nitrogens is 2. The molecule has 1 aromatic heterocycles. The van der Waals surface area contributed by atoms with Gasteiger partial charge in [-0.1, -0.05) is 25.0 Å². The molecule has 1 saturated carbocycles. The topological polar surface area (TPSA) is 99.3 Å². The summed E-state index contributed by atoms with van der Waals surface area (Å²) in [7, 11) is 0. The fourth-order valence-electron chi connectivity index (χ4n) is 3.91. The number of nitrogens with zero attached hydrogens (tertiary/aromatic N) is 2. The summed E-state index contributed by atoms with van der Waals surface area (Å²) in [5, 5.41) is 13.9. The van der Waals surface area contributed by atoms with Crippen LogP contribution in [0, 0.1) is 0 Å². The van der Waals surface area contributed by atoms with Crippen molar-refractivity contribution >= 4 is 28.5 Å². The minimum atomic E-state index is -0.263. The zero-order chi connectivity index (χ0) is 18.6. The number of hydrogen-bond acceptors (Lipinski definition) is 4. The van der Waals surface area contributed by atoms with Gasteiger partial charge >= 0.3 is 6.03 Å². The molecule has 8 nitrogen and oxygen atoms in total. The summed E-state index contributed by atoms with van der Waals surface area (Å²) in [5.41, 5.74) is 1.48. The smallest absolute Gasteiger partial charge is 0.318 e. The van der Waals surface area contributed by atoms with E-state index in [2.05, 4.69) is 20.8 Å². The Morgan fingerprint density at radius 1 is 1.30 bits per heavy atom. The van der Waals surface area contributed by atoms with Crippen molar-refractivity contribution in [2.24, 2.45) is 0 Å². The number of ether oxygens (including phenoxy) is 1. The molecule has 4 rings (SSSR count). The lowest BCUT2D eigenvalue weighted by atomic mass is 10.1. The number of benzene rings is 1. The van der Waals surface area contributed by atoms with E-state index in [1.807, 2.05) is 18.2 Å². The van der Waals surface area contributed by atoms with Crippen LogP contribution in [0.3, 0.4) is 0 Å². The third-order valence-corrected chi connectivity index (χ3v) is 5.34. The van der Waals surface area contributed by atoms with Gasteiger partial charge < -0.3 is 20.3 Å². The number of anilines is 1. The lowest BCUT2D eigenvalue weighted by molar-refractivity contribution is -0.118. The largest absolute Gasteiger partial charge is 0.377 e. The van der Waals surface area contributed by atoms with Crippen LogP contribution in [0.1, 0.15) is 32.1 Å². The van der Waals surface area contributed by atoms with E-state index in [-0.39, 0.29) is 30.4 Å². The van der Waals surface area contributed by atoms with Gasteiger partial charge in [0.1, 0.15) is 0 Å². The summed E-state index contributed by atoms with van der Waals surface area (Å²) in [4.78, 5) is 27.0. The number of hydrogen-bond donors (Lipinski definition) is 3. The van der Waals surface area contributed by atoms with Crippen LogP contribution in [0.2, 0.25) is 0 Å². The molecule has 2 aromatic rings. The van der Waals surface area contributed by atoms with Gasteiger partial charge in [-0.15, -0.1) is 0 Å². The molecule has 1 aromatic carbocycles. The molecule has 0 spiro atoms.